The number of hydrogen-bond donors (Lipinski definition) is 19. The smallest absolute Gasteiger partial charge is 0.343 e. The lowest BCUT2D eigenvalue weighted by atomic mass is 9.97. The quantitative estimate of drug-likeness (QED) is 0.0304. The molecule has 0 unspecified atom stereocenters. The molecule has 1 aliphatic rings. The lowest BCUT2D eigenvalue weighted by molar-refractivity contribution is -0.282. The van der Waals surface area contributed by atoms with Crippen molar-refractivity contribution < 1.29 is 168 Å². The van der Waals surface area contributed by atoms with Crippen molar-refractivity contribution in [1.29, 1.82) is 0 Å². The van der Waals surface area contributed by atoms with Gasteiger partial charge in [0.15, 0.2) is 121 Å². The Kier molecular flexibility index (Phi) is 16.9. The number of carbonyl (C=O) groups is 7. The van der Waals surface area contributed by atoms with Crippen LogP contribution in [-0.2, 0) is 28.4 Å². The molecule has 0 aliphatic carbocycles. The Labute approximate surface area is 491 Å². The third-order valence-corrected chi connectivity index (χ3v) is 12.4. The fraction of sp³-hybridized carbons (Fsp3) is 0.109. The summed E-state index contributed by atoms with van der Waals surface area (Å²) in [5, 5.41) is 194. The minimum absolute atomic E-state index is 0.405. The molecule has 1 heterocycles. The SMILES string of the molecule is O=C(OC[C@H]1O[C@@H](OC(=O)c2cc(O)c(O)c(O)c2)[C@H](OC(=O)c2cc(O)c(O)c(O)c2)[C@@H](OC(=O)c2cc(O)c(O)c(OC(=O)c3cc(O)c(O)c(O)c3)c2)[C@@H]1OC(=O)c1cc(O)c(O)c(OC(=O)c2cc(O)c(O)c(O)c2)c1)c1cc(O)c(O)c(O)c1. The maximum atomic E-state index is 14.7. The van der Waals surface area contributed by atoms with Gasteiger partial charge in [0.2, 0.25) is 23.9 Å². The molecule has 34 nitrogen and oxygen atoms in total. The minimum Gasteiger partial charge on any atom is -0.504 e. The van der Waals surface area contributed by atoms with Crippen molar-refractivity contribution in [1.82, 2.24) is 0 Å². The van der Waals surface area contributed by atoms with E-state index in [1.165, 1.54) is 0 Å². The lowest BCUT2D eigenvalue weighted by Gasteiger charge is -2.43. The van der Waals surface area contributed by atoms with Crippen LogP contribution >= 0.6 is 0 Å². The van der Waals surface area contributed by atoms with Gasteiger partial charge in [0.05, 0.1) is 38.9 Å². The minimum atomic E-state index is -2.80. The molecule has 1 aliphatic heterocycles. The fourth-order valence-electron chi connectivity index (χ4n) is 8.00. The average Bonchev–Trinajstić information content (AvgIpc) is 0.926. The summed E-state index contributed by atoms with van der Waals surface area (Å²) >= 11 is 0. The number of esters is 7. The van der Waals surface area contributed by atoms with Gasteiger partial charge in [0.25, 0.3) is 0 Å². The number of rotatable bonds is 15. The zero-order valence-electron chi connectivity index (χ0n) is 43.8. The van der Waals surface area contributed by atoms with Crippen LogP contribution in [0.1, 0.15) is 72.5 Å². The third kappa shape index (κ3) is 12.9. The van der Waals surface area contributed by atoms with Crippen LogP contribution in [-0.4, -0.2) is 176 Å². The van der Waals surface area contributed by atoms with E-state index in [0.717, 1.165) is 0 Å². The molecule has 0 radical (unpaired) electrons. The van der Waals surface area contributed by atoms with E-state index in [-0.39, 0.29) is 0 Å². The van der Waals surface area contributed by atoms with Crippen LogP contribution in [0.2, 0.25) is 0 Å². The normalized spacial score (nSPS) is 16.0. The number of hydrogen-bond acceptors (Lipinski definition) is 34. The molecule has 1 saturated heterocycles. The van der Waals surface area contributed by atoms with Crippen LogP contribution in [0.25, 0.3) is 0 Å². The van der Waals surface area contributed by atoms with Gasteiger partial charge in [0.1, 0.15) is 12.7 Å². The molecule has 19 N–H and O–H groups in total. The largest absolute Gasteiger partial charge is 0.504 e. The van der Waals surface area contributed by atoms with E-state index in [1.807, 2.05) is 0 Å². The monoisotopic (exact) mass is 1240 g/mol. The number of benzene rings is 7. The molecule has 0 aromatic heterocycles. The molecule has 7 aromatic carbocycles. The van der Waals surface area contributed by atoms with E-state index in [4.69, 9.17) is 37.9 Å². The number of phenolic OH excluding ortho intramolecular Hbond substituents is 19. The molecule has 34 heteroatoms. The fourth-order valence-corrected chi connectivity index (χ4v) is 8.00. The van der Waals surface area contributed by atoms with Gasteiger partial charge in [0, 0.05) is 0 Å². The molecule has 1 fully saturated rings. The number of carbonyl (C=O) groups excluding carboxylic acids is 7. The zero-order chi connectivity index (χ0) is 65.4. The van der Waals surface area contributed by atoms with Gasteiger partial charge in [-0.2, -0.15) is 0 Å². The Morgan fingerprint density at radius 1 is 0.281 bits per heavy atom. The Balaban J connectivity index is 1.29. The maximum absolute atomic E-state index is 14.7. The van der Waals surface area contributed by atoms with Crippen LogP contribution in [0.4, 0.5) is 0 Å². The molecule has 8 rings (SSSR count). The molecule has 89 heavy (non-hydrogen) atoms. The molecule has 7 aromatic rings. The molecule has 5 atom stereocenters. The molecular formula is C55H40O34. The lowest BCUT2D eigenvalue weighted by Crippen LogP contribution is -2.63. The van der Waals surface area contributed by atoms with Crippen LogP contribution in [0.3, 0.4) is 0 Å². The highest BCUT2D eigenvalue weighted by molar-refractivity contribution is 5.97. The molecule has 0 spiro atoms. The summed E-state index contributed by atoms with van der Waals surface area (Å²) in [6, 6.07) is 7.00. The van der Waals surface area contributed by atoms with Crippen molar-refractivity contribution >= 4 is 41.8 Å². The first-order valence-electron chi connectivity index (χ1n) is 24.3. The van der Waals surface area contributed by atoms with Crippen LogP contribution in [0, 0.1) is 0 Å². The van der Waals surface area contributed by atoms with Crippen molar-refractivity contribution in [2.24, 2.45) is 0 Å². The highest BCUT2D eigenvalue weighted by Gasteiger charge is 2.55. The Morgan fingerprint density at radius 2 is 0.517 bits per heavy atom. The summed E-state index contributed by atoms with van der Waals surface area (Å²) in [6.07, 6.45) is -13.4. The first-order chi connectivity index (χ1) is 41.8. The van der Waals surface area contributed by atoms with E-state index in [9.17, 15) is 131 Å². The zero-order valence-corrected chi connectivity index (χ0v) is 43.8. The van der Waals surface area contributed by atoms with Crippen molar-refractivity contribution in [2.45, 2.75) is 30.7 Å². The molecule has 464 valence electrons. The topological polar surface area (TPSA) is 578 Å². The summed E-state index contributed by atoms with van der Waals surface area (Å²) < 4.78 is 44.0. The molecule has 0 saturated carbocycles. The number of aromatic hydroxyl groups is 19. The van der Waals surface area contributed by atoms with Gasteiger partial charge in [-0.25, -0.2) is 33.6 Å². The second-order valence-electron chi connectivity index (χ2n) is 18.4. The summed E-state index contributed by atoms with van der Waals surface area (Å²) in [4.78, 5) is 97.6. The highest BCUT2D eigenvalue weighted by Crippen LogP contribution is 2.44. The van der Waals surface area contributed by atoms with Crippen molar-refractivity contribution in [2.75, 3.05) is 6.61 Å². The Bertz CT molecular complexity index is 3980. The predicted molar refractivity (Wildman–Crippen MR) is 279 cm³/mol. The van der Waals surface area contributed by atoms with E-state index >= 15 is 0 Å². The summed E-state index contributed by atoms with van der Waals surface area (Å²) in [5.41, 5.74) is -6.13. The summed E-state index contributed by atoms with van der Waals surface area (Å²) in [7, 11) is 0. The summed E-state index contributed by atoms with van der Waals surface area (Å²) in [5.74, 6) is -36.5. The van der Waals surface area contributed by atoms with Crippen molar-refractivity contribution in [3.05, 3.63) is 124 Å². The average molecular weight is 1240 g/mol. The van der Waals surface area contributed by atoms with Gasteiger partial charge in [-0.3, -0.25) is 0 Å². The van der Waals surface area contributed by atoms with Gasteiger partial charge in [-0.1, -0.05) is 0 Å². The highest BCUT2D eigenvalue weighted by atomic mass is 16.7. The third-order valence-electron chi connectivity index (χ3n) is 12.4. The van der Waals surface area contributed by atoms with Crippen molar-refractivity contribution in [3.8, 4) is 121 Å². The number of phenols is 19. The standard InChI is InChI=1S/C55H40O34/c56-23-1-16(2-24(57)38(23)68)48(75)82-15-37-45(86-52(79)21-11-33(66)43(73)35(13-21)83-49(76)17-3-25(58)39(69)26(59)4-17)46(87-53(80)22-12-34(67)44(74)36(14-22)84-50(77)18-5-27(60)40(70)28(61)6-18)47(88-51(78)19-7-29(62)41(71)30(63)8-19)55(85-37)89-54(81)20-9-31(64)42(72)32(65)10-20/h1-14,37,45-47,55-74H,15H2/t37-,45-,46+,47-,55+/m1/s1. The van der Waals surface area contributed by atoms with Gasteiger partial charge in [-0.05, 0) is 84.9 Å². The molecule has 0 bridgehead atoms. The maximum Gasteiger partial charge on any atom is 0.343 e. The van der Waals surface area contributed by atoms with Gasteiger partial charge >= 0.3 is 41.8 Å². The van der Waals surface area contributed by atoms with Gasteiger partial charge < -0.3 is 135 Å². The predicted octanol–water partition coefficient (Wildman–Crippen LogP) is 2.95. The Hall–Kier alpha value is -13.0. The summed E-state index contributed by atoms with van der Waals surface area (Å²) in [6.45, 7) is -1.43. The van der Waals surface area contributed by atoms with Crippen molar-refractivity contribution in [3.63, 3.8) is 0 Å². The first-order valence-corrected chi connectivity index (χ1v) is 24.3. The second kappa shape index (κ2) is 24.3. The first kappa shape index (κ1) is 62.0. The van der Waals surface area contributed by atoms with Crippen LogP contribution in [0.5, 0.6) is 121 Å². The van der Waals surface area contributed by atoms with Gasteiger partial charge in [-0.15, -0.1) is 0 Å². The second-order valence-corrected chi connectivity index (χ2v) is 18.4. The van der Waals surface area contributed by atoms with Crippen LogP contribution < -0.4 is 9.47 Å². The number of ether oxygens (including phenoxy) is 8. The van der Waals surface area contributed by atoms with E-state index in [0.29, 0.717) is 84.9 Å². The Morgan fingerprint density at radius 3 is 0.831 bits per heavy atom. The molecular weight excluding hydrogens is 1200 g/mol. The van der Waals surface area contributed by atoms with E-state index < -0.39 is 239 Å². The van der Waals surface area contributed by atoms with Crippen LogP contribution in [0.15, 0.2) is 84.9 Å². The van der Waals surface area contributed by atoms with E-state index in [2.05, 4.69) is 0 Å². The molecule has 0 amide bonds. The van der Waals surface area contributed by atoms with E-state index in [1.54, 1.807) is 0 Å².